The Morgan fingerprint density at radius 2 is 2.06 bits per heavy atom. The molecule has 1 unspecified atom stereocenters. The second kappa shape index (κ2) is 7.19. The van der Waals surface area contributed by atoms with E-state index in [0.29, 0.717) is 31.9 Å². The predicted octanol–water partition coefficient (Wildman–Crippen LogP) is 2.10. The minimum Gasteiger partial charge on any atom is -0.493 e. The molecule has 1 rings (SSSR count). The number of hydrogen-bond acceptors (Lipinski definition) is 3. The molecule has 0 fully saturated rings. The molecule has 5 heteroatoms. The fourth-order valence-electron chi connectivity index (χ4n) is 1.38. The van der Waals surface area contributed by atoms with Crippen LogP contribution in [0.1, 0.15) is 13.3 Å². The standard InChI is InChI=1S/C12H17F2NO2/c1-2-16-10(8-15)5-6-17-9-3-4-11(13)12(14)7-9/h3-4,7,10H,2,5-6,8,15H2,1H3. The lowest BCUT2D eigenvalue weighted by Gasteiger charge is -2.15. The van der Waals surface area contributed by atoms with Crippen LogP contribution in [0, 0.1) is 11.6 Å². The number of nitrogens with two attached hydrogens (primary N) is 1. The molecule has 3 nitrogen and oxygen atoms in total. The molecule has 0 heterocycles. The van der Waals surface area contributed by atoms with E-state index in [2.05, 4.69) is 0 Å². The minimum atomic E-state index is -0.914. The summed E-state index contributed by atoms with van der Waals surface area (Å²) in [6.07, 6.45) is 0.550. The maximum absolute atomic E-state index is 12.9. The van der Waals surface area contributed by atoms with Crippen LogP contribution in [-0.4, -0.2) is 25.9 Å². The lowest BCUT2D eigenvalue weighted by molar-refractivity contribution is 0.0526. The first-order valence-corrected chi connectivity index (χ1v) is 5.57. The van der Waals surface area contributed by atoms with Crippen LogP contribution in [0.15, 0.2) is 18.2 Å². The van der Waals surface area contributed by atoms with Crippen LogP contribution in [0.4, 0.5) is 8.78 Å². The summed E-state index contributed by atoms with van der Waals surface area (Å²) < 4.78 is 36.1. The van der Waals surface area contributed by atoms with E-state index < -0.39 is 11.6 Å². The topological polar surface area (TPSA) is 44.5 Å². The highest BCUT2D eigenvalue weighted by atomic mass is 19.2. The Kier molecular flexibility index (Phi) is 5.86. The minimum absolute atomic E-state index is 0.0645. The zero-order chi connectivity index (χ0) is 12.7. The molecule has 0 bridgehead atoms. The Morgan fingerprint density at radius 3 is 2.65 bits per heavy atom. The first kappa shape index (κ1) is 13.9. The van der Waals surface area contributed by atoms with Crippen LogP contribution < -0.4 is 10.5 Å². The molecule has 0 spiro atoms. The first-order chi connectivity index (χ1) is 8.17. The van der Waals surface area contributed by atoms with Crippen molar-refractivity contribution in [3.05, 3.63) is 29.8 Å². The molecule has 0 saturated heterocycles. The Hall–Kier alpha value is -1.20. The van der Waals surface area contributed by atoms with Crippen LogP contribution >= 0.6 is 0 Å². The van der Waals surface area contributed by atoms with Gasteiger partial charge in [-0.05, 0) is 19.1 Å². The summed E-state index contributed by atoms with van der Waals surface area (Å²) in [5.41, 5.74) is 5.49. The average molecular weight is 245 g/mol. The van der Waals surface area contributed by atoms with Gasteiger partial charge in [0.1, 0.15) is 5.75 Å². The molecular formula is C12H17F2NO2. The molecule has 0 aliphatic heterocycles. The van der Waals surface area contributed by atoms with E-state index >= 15 is 0 Å². The molecular weight excluding hydrogens is 228 g/mol. The molecule has 0 aliphatic carbocycles. The summed E-state index contributed by atoms with van der Waals surface area (Å²) in [6, 6.07) is 3.44. The lowest BCUT2D eigenvalue weighted by Crippen LogP contribution is -2.25. The van der Waals surface area contributed by atoms with Crippen molar-refractivity contribution in [3.8, 4) is 5.75 Å². The number of halogens is 2. The smallest absolute Gasteiger partial charge is 0.162 e. The molecule has 17 heavy (non-hydrogen) atoms. The van der Waals surface area contributed by atoms with Crippen LogP contribution in [0.5, 0.6) is 5.75 Å². The van der Waals surface area contributed by atoms with E-state index in [4.69, 9.17) is 15.2 Å². The van der Waals surface area contributed by atoms with Gasteiger partial charge in [0.2, 0.25) is 0 Å². The number of benzene rings is 1. The van der Waals surface area contributed by atoms with Gasteiger partial charge in [-0.2, -0.15) is 0 Å². The molecule has 0 radical (unpaired) electrons. The molecule has 0 amide bonds. The Bertz CT molecular complexity index is 347. The van der Waals surface area contributed by atoms with Crippen LogP contribution in [0.2, 0.25) is 0 Å². The third-order valence-electron chi connectivity index (χ3n) is 2.26. The Labute approximate surface area is 99.5 Å². The van der Waals surface area contributed by atoms with Crippen molar-refractivity contribution in [1.82, 2.24) is 0 Å². The highest BCUT2D eigenvalue weighted by Crippen LogP contribution is 2.15. The van der Waals surface area contributed by atoms with Gasteiger partial charge in [-0.1, -0.05) is 0 Å². The van der Waals surface area contributed by atoms with E-state index in [1.54, 1.807) is 0 Å². The van der Waals surface area contributed by atoms with Crippen molar-refractivity contribution < 1.29 is 18.3 Å². The maximum Gasteiger partial charge on any atom is 0.162 e. The van der Waals surface area contributed by atoms with Crippen LogP contribution in [-0.2, 0) is 4.74 Å². The third kappa shape index (κ3) is 4.66. The van der Waals surface area contributed by atoms with Crippen molar-refractivity contribution in [2.75, 3.05) is 19.8 Å². The summed E-state index contributed by atoms with van der Waals surface area (Å²) in [7, 11) is 0. The van der Waals surface area contributed by atoms with Crippen LogP contribution in [0.3, 0.4) is 0 Å². The van der Waals surface area contributed by atoms with Gasteiger partial charge in [-0.15, -0.1) is 0 Å². The van der Waals surface area contributed by atoms with E-state index in [9.17, 15) is 8.78 Å². The maximum atomic E-state index is 12.9. The van der Waals surface area contributed by atoms with E-state index in [1.165, 1.54) is 6.07 Å². The molecule has 2 N–H and O–H groups in total. The zero-order valence-electron chi connectivity index (χ0n) is 9.79. The molecule has 1 aromatic carbocycles. The monoisotopic (exact) mass is 245 g/mol. The second-order valence-corrected chi connectivity index (χ2v) is 3.53. The quantitative estimate of drug-likeness (QED) is 0.800. The van der Waals surface area contributed by atoms with E-state index in [1.807, 2.05) is 6.92 Å². The SMILES string of the molecule is CCOC(CN)CCOc1ccc(F)c(F)c1. The van der Waals surface area contributed by atoms with Gasteiger partial charge in [0, 0.05) is 25.6 Å². The van der Waals surface area contributed by atoms with Gasteiger partial charge in [-0.25, -0.2) is 8.78 Å². The van der Waals surface area contributed by atoms with Gasteiger partial charge < -0.3 is 15.2 Å². The van der Waals surface area contributed by atoms with Gasteiger partial charge in [0.15, 0.2) is 11.6 Å². The number of rotatable bonds is 7. The number of ether oxygens (including phenoxy) is 2. The lowest BCUT2D eigenvalue weighted by atomic mass is 10.2. The molecule has 0 aliphatic rings. The van der Waals surface area contributed by atoms with Crippen molar-refractivity contribution in [3.63, 3.8) is 0 Å². The summed E-state index contributed by atoms with van der Waals surface area (Å²) in [5.74, 6) is -1.50. The normalized spacial score (nSPS) is 12.5. The molecule has 96 valence electrons. The molecule has 0 aromatic heterocycles. The summed E-state index contributed by atoms with van der Waals surface area (Å²) in [5, 5.41) is 0. The van der Waals surface area contributed by atoms with Crippen molar-refractivity contribution in [1.29, 1.82) is 0 Å². The van der Waals surface area contributed by atoms with Gasteiger partial charge in [-0.3, -0.25) is 0 Å². The average Bonchev–Trinajstić information content (AvgIpc) is 2.32. The fourth-order valence-corrected chi connectivity index (χ4v) is 1.38. The molecule has 1 aromatic rings. The summed E-state index contributed by atoms with van der Waals surface area (Å²) in [4.78, 5) is 0. The van der Waals surface area contributed by atoms with Crippen molar-refractivity contribution >= 4 is 0 Å². The molecule has 1 atom stereocenters. The zero-order valence-corrected chi connectivity index (χ0v) is 9.79. The highest BCUT2D eigenvalue weighted by molar-refractivity contribution is 5.23. The molecule has 0 saturated carbocycles. The van der Waals surface area contributed by atoms with Gasteiger partial charge in [0.25, 0.3) is 0 Å². The van der Waals surface area contributed by atoms with Crippen molar-refractivity contribution in [2.24, 2.45) is 5.73 Å². The third-order valence-corrected chi connectivity index (χ3v) is 2.26. The highest BCUT2D eigenvalue weighted by Gasteiger charge is 2.07. The largest absolute Gasteiger partial charge is 0.493 e. The van der Waals surface area contributed by atoms with Crippen molar-refractivity contribution in [2.45, 2.75) is 19.4 Å². The Balaban J connectivity index is 2.37. The second-order valence-electron chi connectivity index (χ2n) is 3.53. The Morgan fingerprint density at radius 1 is 1.29 bits per heavy atom. The van der Waals surface area contributed by atoms with Gasteiger partial charge in [0.05, 0.1) is 12.7 Å². The fraction of sp³-hybridized carbons (Fsp3) is 0.500. The first-order valence-electron chi connectivity index (χ1n) is 5.57. The predicted molar refractivity (Wildman–Crippen MR) is 60.9 cm³/mol. The van der Waals surface area contributed by atoms with Crippen LogP contribution in [0.25, 0.3) is 0 Å². The van der Waals surface area contributed by atoms with E-state index in [0.717, 1.165) is 12.1 Å². The number of hydrogen-bond donors (Lipinski definition) is 1. The van der Waals surface area contributed by atoms with Gasteiger partial charge >= 0.3 is 0 Å². The van der Waals surface area contributed by atoms with E-state index in [-0.39, 0.29) is 6.10 Å². The summed E-state index contributed by atoms with van der Waals surface area (Å²) >= 11 is 0. The summed E-state index contributed by atoms with van der Waals surface area (Å²) in [6.45, 7) is 3.24.